The molecule has 1 fully saturated rings. The van der Waals surface area contributed by atoms with Gasteiger partial charge in [0.25, 0.3) is 5.91 Å². The summed E-state index contributed by atoms with van der Waals surface area (Å²) in [6.45, 7) is 4.14. The average Bonchev–Trinajstić information content (AvgIpc) is 2.53. The predicted molar refractivity (Wildman–Crippen MR) is 74.9 cm³/mol. The van der Waals surface area contributed by atoms with E-state index >= 15 is 0 Å². The van der Waals surface area contributed by atoms with Crippen molar-refractivity contribution in [2.24, 2.45) is 5.73 Å². The van der Waals surface area contributed by atoms with Crippen molar-refractivity contribution >= 4 is 33.7 Å². The molecule has 1 aromatic rings. The first kappa shape index (κ1) is 13.8. The number of nitrogen functional groups attached to an aromatic ring is 1. The molecule has 0 radical (unpaired) electrons. The minimum absolute atomic E-state index is 0.151. The van der Waals surface area contributed by atoms with Crippen molar-refractivity contribution in [2.75, 3.05) is 36.9 Å². The van der Waals surface area contributed by atoms with Gasteiger partial charge < -0.3 is 21.1 Å². The van der Waals surface area contributed by atoms with Gasteiger partial charge in [0.15, 0.2) is 5.78 Å². The molecule has 0 spiro atoms. The van der Waals surface area contributed by atoms with Gasteiger partial charge in [-0.15, -0.1) is 11.3 Å². The molecule has 0 aliphatic carbocycles. The van der Waals surface area contributed by atoms with Gasteiger partial charge in [-0.2, -0.15) is 0 Å². The quantitative estimate of drug-likeness (QED) is 0.802. The maximum Gasteiger partial charge on any atom is 0.253 e. The van der Waals surface area contributed by atoms with E-state index in [0.29, 0.717) is 29.6 Å². The Morgan fingerprint density at radius 2 is 2.05 bits per heavy atom. The van der Waals surface area contributed by atoms with Gasteiger partial charge in [-0.05, 0) is 6.42 Å². The highest BCUT2D eigenvalue weighted by atomic mass is 32.1. The SMILES string of the molecule is CC(=O)c1sc(N2CCCOCC2)c(C(N)=O)c1N. The molecular formula is C12H17N3O3S. The number of primary amides is 1. The van der Waals surface area contributed by atoms with Crippen LogP contribution in [0.3, 0.4) is 0 Å². The fourth-order valence-corrected chi connectivity index (χ4v) is 3.28. The highest BCUT2D eigenvalue weighted by molar-refractivity contribution is 7.19. The van der Waals surface area contributed by atoms with E-state index in [-0.39, 0.29) is 17.0 Å². The van der Waals surface area contributed by atoms with Crippen molar-refractivity contribution in [3.63, 3.8) is 0 Å². The third-order valence-electron chi connectivity index (χ3n) is 3.00. The summed E-state index contributed by atoms with van der Waals surface area (Å²) in [7, 11) is 0. The van der Waals surface area contributed by atoms with Crippen LogP contribution in [-0.4, -0.2) is 38.0 Å². The molecule has 6 nitrogen and oxygen atoms in total. The molecule has 1 saturated heterocycles. The lowest BCUT2D eigenvalue weighted by molar-refractivity contribution is 0.100. The fourth-order valence-electron chi connectivity index (χ4n) is 2.10. The Bertz CT molecular complexity index is 505. The number of nitrogens with two attached hydrogens (primary N) is 2. The van der Waals surface area contributed by atoms with Crippen LogP contribution in [0.5, 0.6) is 0 Å². The van der Waals surface area contributed by atoms with Gasteiger partial charge in [-0.1, -0.05) is 0 Å². The van der Waals surface area contributed by atoms with Gasteiger partial charge >= 0.3 is 0 Å². The van der Waals surface area contributed by atoms with Gasteiger partial charge in [0.2, 0.25) is 0 Å². The second-order valence-corrected chi connectivity index (χ2v) is 5.40. The molecule has 0 unspecified atom stereocenters. The molecule has 1 aromatic heterocycles. The summed E-state index contributed by atoms with van der Waals surface area (Å²) in [5.74, 6) is -0.747. The first-order chi connectivity index (χ1) is 9.02. The molecule has 4 N–H and O–H groups in total. The number of thiophene rings is 1. The number of carbonyl (C=O) groups excluding carboxylic acids is 2. The van der Waals surface area contributed by atoms with Gasteiger partial charge in [-0.3, -0.25) is 9.59 Å². The topological polar surface area (TPSA) is 98.6 Å². The van der Waals surface area contributed by atoms with E-state index in [2.05, 4.69) is 0 Å². The second-order valence-electron chi connectivity index (χ2n) is 4.40. The molecule has 1 aliphatic rings. The Kier molecular flexibility index (Phi) is 4.06. The summed E-state index contributed by atoms with van der Waals surface area (Å²) in [5, 5.41) is 0.681. The summed E-state index contributed by atoms with van der Waals surface area (Å²) in [5.41, 5.74) is 11.7. The molecule has 1 aliphatic heterocycles. The van der Waals surface area contributed by atoms with E-state index in [1.165, 1.54) is 18.3 Å². The van der Waals surface area contributed by atoms with Crippen LogP contribution in [0, 0.1) is 0 Å². The zero-order valence-electron chi connectivity index (χ0n) is 10.8. The van der Waals surface area contributed by atoms with E-state index in [9.17, 15) is 9.59 Å². The zero-order valence-corrected chi connectivity index (χ0v) is 11.6. The first-order valence-corrected chi connectivity index (χ1v) is 6.89. The lowest BCUT2D eigenvalue weighted by Crippen LogP contribution is -2.27. The van der Waals surface area contributed by atoms with Crippen molar-refractivity contribution < 1.29 is 14.3 Å². The third-order valence-corrected chi connectivity index (χ3v) is 4.37. The average molecular weight is 283 g/mol. The maximum atomic E-state index is 11.6. The standard InChI is InChI=1S/C12H17N3O3S/c1-7(16)10-9(13)8(11(14)17)12(19-10)15-3-2-5-18-6-4-15/h2-6,13H2,1H3,(H2,14,17). The molecule has 2 heterocycles. The smallest absolute Gasteiger partial charge is 0.253 e. The van der Waals surface area contributed by atoms with Crippen LogP contribution >= 0.6 is 11.3 Å². The number of Topliss-reactive ketones (excluding diaryl/α,β-unsaturated/α-hetero) is 1. The number of anilines is 2. The summed E-state index contributed by atoms with van der Waals surface area (Å²) < 4.78 is 5.38. The van der Waals surface area contributed by atoms with Crippen molar-refractivity contribution in [2.45, 2.75) is 13.3 Å². The third kappa shape index (κ3) is 2.71. The Hall–Kier alpha value is -1.60. The lowest BCUT2D eigenvalue weighted by atomic mass is 10.2. The summed E-state index contributed by atoms with van der Waals surface area (Å²) in [6.07, 6.45) is 0.866. The van der Waals surface area contributed by atoms with E-state index in [1.54, 1.807) is 0 Å². The number of hydrogen-bond acceptors (Lipinski definition) is 6. The van der Waals surface area contributed by atoms with Crippen LogP contribution in [0.1, 0.15) is 33.4 Å². The van der Waals surface area contributed by atoms with Gasteiger partial charge in [0, 0.05) is 26.6 Å². The Morgan fingerprint density at radius 1 is 1.32 bits per heavy atom. The van der Waals surface area contributed by atoms with Crippen LogP contribution in [-0.2, 0) is 4.74 Å². The number of rotatable bonds is 3. The first-order valence-electron chi connectivity index (χ1n) is 6.08. The molecule has 0 saturated carbocycles. The monoisotopic (exact) mass is 283 g/mol. The molecule has 7 heteroatoms. The normalized spacial score (nSPS) is 16.2. The van der Waals surface area contributed by atoms with Crippen LogP contribution in [0.15, 0.2) is 0 Å². The minimum Gasteiger partial charge on any atom is -0.397 e. The van der Waals surface area contributed by atoms with Gasteiger partial charge in [0.05, 0.1) is 22.7 Å². The van der Waals surface area contributed by atoms with E-state index in [4.69, 9.17) is 16.2 Å². The highest BCUT2D eigenvalue weighted by Gasteiger charge is 2.26. The molecule has 0 aromatic carbocycles. The molecule has 2 rings (SSSR count). The van der Waals surface area contributed by atoms with Gasteiger partial charge in [-0.25, -0.2) is 0 Å². The molecule has 19 heavy (non-hydrogen) atoms. The Balaban J connectivity index is 2.45. The number of nitrogens with zero attached hydrogens (tertiary/aromatic N) is 1. The van der Waals surface area contributed by atoms with Crippen LogP contribution in [0.2, 0.25) is 0 Å². The summed E-state index contributed by atoms with van der Waals surface area (Å²) in [6, 6.07) is 0. The number of amides is 1. The number of ether oxygens (including phenoxy) is 1. The van der Waals surface area contributed by atoms with Crippen molar-refractivity contribution in [1.29, 1.82) is 0 Å². The largest absolute Gasteiger partial charge is 0.397 e. The molecule has 104 valence electrons. The minimum atomic E-state index is -0.596. The van der Waals surface area contributed by atoms with Crippen LogP contribution in [0.4, 0.5) is 10.7 Å². The fraction of sp³-hybridized carbons (Fsp3) is 0.500. The maximum absolute atomic E-state index is 11.6. The number of hydrogen-bond donors (Lipinski definition) is 2. The Labute approximate surface area is 115 Å². The summed E-state index contributed by atoms with van der Waals surface area (Å²) in [4.78, 5) is 25.5. The Morgan fingerprint density at radius 3 is 2.68 bits per heavy atom. The number of carbonyl (C=O) groups is 2. The molecule has 0 bridgehead atoms. The second kappa shape index (κ2) is 5.58. The van der Waals surface area contributed by atoms with E-state index in [0.717, 1.165) is 13.0 Å². The van der Waals surface area contributed by atoms with E-state index < -0.39 is 5.91 Å². The van der Waals surface area contributed by atoms with Crippen LogP contribution < -0.4 is 16.4 Å². The van der Waals surface area contributed by atoms with Crippen molar-refractivity contribution in [3.8, 4) is 0 Å². The highest BCUT2D eigenvalue weighted by Crippen LogP contribution is 2.38. The molecule has 0 atom stereocenters. The van der Waals surface area contributed by atoms with Crippen molar-refractivity contribution in [3.05, 3.63) is 10.4 Å². The lowest BCUT2D eigenvalue weighted by Gasteiger charge is -2.20. The number of ketones is 1. The molecule has 1 amide bonds. The summed E-state index contributed by atoms with van der Waals surface area (Å²) >= 11 is 1.23. The van der Waals surface area contributed by atoms with Crippen molar-refractivity contribution in [1.82, 2.24) is 0 Å². The van der Waals surface area contributed by atoms with Crippen LogP contribution in [0.25, 0.3) is 0 Å². The predicted octanol–water partition coefficient (Wildman–Crippen LogP) is 0.859. The zero-order chi connectivity index (χ0) is 14.0. The molecular weight excluding hydrogens is 266 g/mol. The van der Waals surface area contributed by atoms with E-state index in [1.807, 2.05) is 4.90 Å². The van der Waals surface area contributed by atoms with Gasteiger partial charge in [0.1, 0.15) is 5.00 Å².